The first-order valence-corrected chi connectivity index (χ1v) is 6.44. The van der Waals surface area contributed by atoms with Crippen molar-refractivity contribution in [3.05, 3.63) is 30.1 Å². The number of ether oxygens (including phenoxy) is 1. The lowest BCUT2D eigenvalue weighted by molar-refractivity contribution is 0.0697. The summed E-state index contributed by atoms with van der Waals surface area (Å²) in [4.78, 5) is 15.3. The van der Waals surface area contributed by atoms with Gasteiger partial charge in [-0.05, 0) is 31.5 Å². The number of aromatic carboxylic acids is 1. The number of hydrogen-bond acceptors (Lipinski definition) is 3. The van der Waals surface area contributed by atoms with Crippen LogP contribution < -0.4 is 0 Å². The zero-order chi connectivity index (χ0) is 13.4. The van der Waals surface area contributed by atoms with Crippen LogP contribution in [0, 0.1) is 5.92 Å². The number of carbonyl (C=O) groups is 1. The third-order valence-corrected chi connectivity index (χ3v) is 3.91. The molecule has 1 N–H and O–H groups in total. The Labute approximate surface area is 110 Å². The second kappa shape index (κ2) is 4.66. The van der Waals surface area contributed by atoms with Gasteiger partial charge in [0.1, 0.15) is 0 Å². The van der Waals surface area contributed by atoms with E-state index in [9.17, 15) is 4.79 Å². The summed E-state index contributed by atoms with van der Waals surface area (Å²) in [5.74, 6) is -0.426. The summed E-state index contributed by atoms with van der Waals surface area (Å²) >= 11 is 0. The molecule has 1 aliphatic heterocycles. The van der Waals surface area contributed by atoms with Gasteiger partial charge in [0, 0.05) is 18.6 Å². The predicted octanol–water partition coefficient (Wildman–Crippen LogP) is 2.33. The van der Waals surface area contributed by atoms with Gasteiger partial charge in [-0.3, -0.25) is 0 Å². The molecule has 3 rings (SSSR count). The number of rotatable bonds is 3. The Balaban J connectivity index is 1.98. The Morgan fingerprint density at radius 3 is 3.11 bits per heavy atom. The largest absolute Gasteiger partial charge is 0.478 e. The summed E-state index contributed by atoms with van der Waals surface area (Å²) in [6, 6.07) is 5.38. The molecular formula is C14H16N2O3. The van der Waals surface area contributed by atoms with E-state index in [4.69, 9.17) is 9.84 Å². The fourth-order valence-electron chi connectivity index (χ4n) is 2.65. The van der Waals surface area contributed by atoms with Gasteiger partial charge < -0.3 is 14.4 Å². The molecule has 0 aliphatic carbocycles. The van der Waals surface area contributed by atoms with Crippen LogP contribution in [0.1, 0.15) is 29.7 Å². The zero-order valence-corrected chi connectivity index (χ0v) is 10.7. The quantitative estimate of drug-likeness (QED) is 0.920. The highest BCUT2D eigenvalue weighted by atomic mass is 16.5. The molecule has 1 saturated heterocycles. The van der Waals surface area contributed by atoms with E-state index >= 15 is 0 Å². The minimum atomic E-state index is -0.923. The number of benzene rings is 1. The van der Waals surface area contributed by atoms with E-state index < -0.39 is 5.97 Å². The average Bonchev–Trinajstić information content (AvgIpc) is 3.06. The molecule has 100 valence electrons. The molecular weight excluding hydrogens is 244 g/mol. The molecule has 1 aromatic heterocycles. The van der Waals surface area contributed by atoms with Crippen LogP contribution in [0.2, 0.25) is 0 Å². The smallest absolute Gasteiger partial charge is 0.335 e. The van der Waals surface area contributed by atoms with Gasteiger partial charge >= 0.3 is 5.97 Å². The molecule has 1 aliphatic rings. The van der Waals surface area contributed by atoms with Crippen LogP contribution in [-0.4, -0.2) is 33.8 Å². The molecule has 5 nitrogen and oxygen atoms in total. The summed E-state index contributed by atoms with van der Waals surface area (Å²) in [7, 11) is 0. The Hall–Kier alpha value is -1.88. The maximum absolute atomic E-state index is 10.9. The SMILES string of the molecule is CC(C1CCOC1)n1cnc2cc(C(=O)O)ccc21. The van der Waals surface area contributed by atoms with Crippen LogP contribution in [0.3, 0.4) is 0 Å². The number of carboxylic acids is 1. The molecule has 0 radical (unpaired) electrons. The Kier molecular flexibility index (Phi) is 2.98. The van der Waals surface area contributed by atoms with Crippen molar-refractivity contribution in [2.75, 3.05) is 13.2 Å². The molecule has 0 saturated carbocycles. The van der Waals surface area contributed by atoms with Crippen molar-refractivity contribution in [3.8, 4) is 0 Å². The van der Waals surface area contributed by atoms with Crippen LogP contribution in [0.4, 0.5) is 0 Å². The first-order chi connectivity index (χ1) is 9.16. The van der Waals surface area contributed by atoms with E-state index in [1.54, 1.807) is 18.5 Å². The predicted molar refractivity (Wildman–Crippen MR) is 70.3 cm³/mol. The van der Waals surface area contributed by atoms with E-state index in [0.29, 0.717) is 12.0 Å². The first kappa shape index (κ1) is 12.2. The van der Waals surface area contributed by atoms with Crippen LogP contribution in [0.15, 0.2) is 24.5 Å². The number of nitrogens with zero attached hydrogens (tertiary/aromatic N) is 2. The molecule has 2 heterocycles. The summed E-state index contributed by atoms with van der Waals surface area (Å²) in [6.07, 6.45) is 2.85. The highest BCUT2D eigenvalue weighted by Crippen LogP contribution is 2.29. The fourth-order valence-corrected chi connectivity index (χ4v) is 2.65. The van der Waals surface area contributed by atoms with E-state index in [1.165, 1.54) is 0 Å². The van der Waals surface area contributed by atoms with Crippen LogP contribution in [0.25, 0.3) is 11.0 Å². The summed E-state index contributed by atoms with van der Waals surface area (Å²) in [5, 5.41) is 8.98. The molecule has 2 atom stereocenters. The van der Waals surface area contributed by atoms with Gasteiger partial charge in [0.25, 0.3) is 0 Å². The van der Waals surface area contributed by atoms with Gasteiger partial charge in [0.05, 0.1) is 29.5 Å². The van der Waals surface area contributed by atoms with Gasteiger partial charge in [-0.2, -0.15) is 0 Å². The van der Waals surface area contributed by atoms with Crippen molar-refractivity contribution in [1.82, 2.24) is 9.55 Å². The summed E-state index contributed by atoms with van der Waals surface area (Å²) in [5.41, 5.74) is 1.98. The van der Waals surface area contributed by atoms with Crippen molar-refractivity contribution in [2.24, 2.45) is 5.92 Å². The van der Waals surface area contributed by atoms with Gasteiger partial charge in [0.2, 0.25) is 0 Å². The van der Waals surface area contributed by atoms with E-state index in [1.807, 2.05) is 6.07 Å². The van der Waals surface area contributed by atoms with Gasteiger partial charge in [0.15, 0.2) is 0 Å². The van der Waals surface area contributed by atoms with E-state index in [0.717, 1.165) is 30.7 Å². The number of imidazole rings is 1. The Morgan fingerprint density at radius 2 is 2.42 bits per heavy atom. The van der Waals surface area contributed by atoms with Gasteiger partial charge in [-0.25, -0.2) is 9.78 Å². The van der Waals surface area contributed by atoms with Crippen LogP contribution in [-0.2, 0) is 4.74 Å². The molecule has 0 bridgehead atoms. The van der Waals surface area contributed by atoms with Crippen molar-refractivity contribution < 1.29 is 14.6 Å². The number of hydrogen-bond donors (Lipinski definition) is 1. The van der Waals surface area contributed by atoms with Gasteiger partial charge in [-0.15, -0.1) is 0 Å². The lowest BCUT2D eigenvalue weighted by atomic mass is 10.0. The lowest BCUT2D eigenvalue weighted by Gasteiger charge is -2.20. The minimum Gasteiger partial charge on any atom is -0.478 e. The average molecular weight is 260 g/mol. The highest BCUT2D eigenvalue weighted by molar-refractivity contribution is 5.92. The Morgan fingerprint density at radius 1 is 1.58 bits per heavy atom. The van der Waals surface area contributed by atoms with E-state index in [2.05, 4.69) is 16.5 Å². The number of fused-ring (bicyclic) bond motifs is 1. The number of aromatic nitrogens is 2. The maximum atomic E-state index is 10.9. The standard InChI is InChI=1S/C14H16N2O3/c1-9(11-4-5-19-7-11)16-8-15-12-6-10(14(17)18)2-3-13(12)16/h2-3,6,8-9,11H,4-5,7H2,1H3,(H,17,18). The first-order valence-electron chi connectivity index (χ1n) is 6.44. The maximum Gasteiger partial charge on any atom is 0.335 e. The molecule has 5 heteroatoms. The topological polar surface area (TPSA) is 64.4 Å². The van der Waals surface area contributed by atoms with Crippen molar-refractivity contribution >= 4 is 17.0 Å². The van der Waals surface area contributed by atoms with E-state index in [-0.39, 0.29) is 5.56 Å². The van der Waals surface area contributed by atoms with Crippen LogP contribution in [0.5, 0.6) is 0 Å². The molecule has 1 aromatic carbocycles. The van der Waals surface area contributed by atoms with Gasteiger partial charge in [-0.1, -0.05) is 0 Å². The van der Waals surface area contributed by atoms with Crippen LogP contribution >= 0.6 is 0 Å². The molecule has 19 heavy (non-hydrogen) atoms. The number of carboxylic acid groups (broad SMARTS) is 1. The normalized spacial score (nSPS) is 20.8. The fraction of sp³-hybridized carbons (Fsp3) is 0.429. The highest BCUT2D eigenvalue weighted by Gasteiger charge is 2.24. The minimum absolute atomic E-state index is 0.273. The third-order valence-electron chi connectivity index (χ3n) is 3.91. The lowest BCUT2D eigenvalue weighted by Crippen LogP contribution is -2.16. The molecule has 2 aromatic rings. The monoisotopic (exact) mass is 260 g/mol. The van der Waals surface area contributed by atoms with Crippen molar-refractivity contribution in [3.63, 3.8) is 0 Å². The molecule has 1 fully saturated rings. The van der Waals surface area contributed by atoms with Crippen molar-refractivity contribution in [1.29, 1.82) is 0 Å². The summed E-state index contributed by atoms with van der Waals surface area (Å²) < 4.78 is 7.54. The second-order valence-electron chi connectivity index (χ2n) is 5.02. The molecule has 2 unspecified atom stereocenters. The third kappa shape index (κ3) is 2.10. The Bertz CT molecular complexity index is 614. The summed E-state index contributed by atoms with van der Waals surface area (Å²) in [6.45, 7) is 3.77. The molecule has 0 amide bonds. The zero-order valence-electron chi connectivity index (χ0n) is 10.7. The second-order valence-corrected chi connectivity index (χ2v) is 5.02. The van der Waals surface area contributed by atoms with Crippen molar-refractivity contribution in [2.45, 2.75) is 19.4 Å². The molecule has 0 spiro atoms.